The number of aromatic carboxylic acids is 1. The Kier molecular flexibility index (Phi) is 5.39. The van der Waals surface area contributed by atoms with E-state index in [4.69, 9.17) is 5.11 Å². The molecule has 0 atom stereocenters. The molecule has 0 aliphatic carbocycles. The van der Waals surface area contributed by atoms with Crippen LogP contribution in [0.25, 0.3) is 0 Å². The Labute approximate surface area is 117 Å². The van der Waals surface area contributed by atoms with E-state index in [0.717, 1.165) is 0 Å². The second kappa shape index (κ2) is 6.40. The molecule has 19 heavy (non-hydrogen) atoms. The van der Waals surface area contributed by atoms with Gasteiger partial charge in [-0.25, -0.2) is 17.9 Å². The SMILES string of the molecule is CSCCNS(=O)(=O)c1cc(C(=O)O)c(C)cc1C. The van der Waals surface area contributed by atoms with Gasteiger partial charge >= 0.3 is 5.97 Å². The predicted molar refractivity (Wildman–Crippen MR) is 76.4 cm³/mol. The Morgan fingerprint density at radius 2 is 1.95 bits per heavy atom. The van der Waals surface area contributed by atoms with Gasteiger partial charge in [-0.3, -0.25) is 0 Å². The van der Waals surface area contributed by atoms with Crippen molar-refractivity contribution in [3.05, 3.63) is 28.8 Å². The fraction of sp³-hybridized carbons (Fsp3) is 0.417. The molecule has 0 spiro atoms. The third-order valence-corrected chi connectivity index (χ3v) is 4.86. The van der Waals surface area contributed by atoms with Crippen molar-refractivity contribution in [2.24, 2.45) is 0 Å². The van der Waals surface area contributed by atoms with Gasteiger partial charge in [0.05, 0.1) is 10.5 Å². The Balaban J connectivity index is 3.19. The minimum atomic E-state index is -3.66. The van der Waals surface area contributed by atoms with E-state index < -0.39 is 16.0 Å². The van der Waals surface area contributed by atoms with E-state index in [9.17, 15) is 13.2 Å². The lowest BCUT2D eigenvalue weighted by Gasteiger charge is -2.11. The van der Waals surface area contributed by atoms with Crippen LogP contribution in [0.2, 0.25) is 0 Å². The van der Waals surface area contributed by atoms with Crippen molar-refractivity contribution in [1.82, 2.24) is 4.72 Å². The summed E-state index contributed by atoms with van der Waals surface area (Å²) in [5, 5.41) is 9.04. The smallest absolute Gasteiger partial charge is 0.335 e. The number of carboxylic acids is 1. The first-order valence-corrected chi connectivity index (χ1v) is 8.50. The first-order chi connectivity index (χ1) is 8.79. The summed E-state index contributed by atoms with van der Waals surface area (Å²) in [7, 11) is -3.66. The third kappa shape index (κ3) is 3.95. The average Bonchev–Trinajstić information content (AvgIpc) is 2.28. The molecule has 0 saturated carbocycles. The number of benzene rings is 1. The highest BCUT2D eigenvalue weighted by Gasteiger charge is 2.20. The van der Waals surface area contributed by atoms with Crippen LogP contribution in [0.15, 0.2) is 17.0 Å². The minimum Gasteiger partial charge on any atom is -0.478 e. The molecule has 2 N–H and O–H groups in total. The Morgan fingerprint density at radius 3 is 2.47 bits per heavy atom. The summed E-state index contributed by atoms with van der Waals surface area (Å²) in [5.41, 5.74) is 1.10. The minimum absolute atomic E-state index is 0.0100. The fourth-order valence-electron chi connectivity index (χ4n) is 1.71. The number of nitrogens with one attached hydrogen (secondary N) is 1. The maximum atomic E-state index is 12.1. The topological polar surface area (TPSA) is 83.5 Å². The summed E-state index contributed by atoms with van der Waals surface area (Å²) < 4.78 is 26.7. The second-order valence-electron chi connectivity index (χ2n) is 4.13. The average molecular weight is 303 g/mol. The lowest BCUT2D eigenvalue weighted by Crippen LogP contribution is -2.27. The van der Waals surface area contributed by atoms with Crippen LogP contribution in [0.1, 0.15) is 21.5 Å². The van der Waals surface area contributed by atoms with E-state index >= 15 is 0 Å². The monoisotopic (exact) mass is 303 g/mol. The second-order valence-corrected chi connectivity index (χ2v) is 6.85. The quantitative estimate of drug-likeness (QED) is 0.781. The molecule has 7 heteroatoms. The maximum absolute atomic E-state index is 12.1. The summed E-state index contributed by atoms with van der Waals surface area (Å²) in [6.45, 7) is 3.62. The first kappa shape index (κ1) is 16.0. The van der Waals surface area contributed by atoms with Crippen LogP contribution >= 0.6 is 11.8 Å². The van der Waals surface area contributed by atoms with Crippen molar-refractivity contribution in [2.45, 2.75) is 18.7 Å². The largest absolute Gasteiger partial charge is 0.478 e. The predicted octanol–water partition coefficient (Wildman–Crippen LogP) is 1.64. The molecule has 1 aromatic rings. The molecule has 0 heterocycles. The van der Waals surface area contributed by atoms with E-state index in [1.807, 2.05) is 6.26 Å². The number of carbonyl (C=O) groups is 1. The number of sulfonamides is 1. The molecule has 106 valence electrons. The number of aryl methyl sites for hydroxylation is 2. The van der Waals surface area contributed by atoms with Gasteiger partial charge < -0.3 is 5.11 Å². The van der Waals surface area contributed by atoms with Crippen molar-refractivity contribution in [2.75, 3.05) is 18.6 Å². The van der Waals surface area contributed by atoms with Crippen molar-refractivity contribution >= 4 is 27.8 Å². The molecule has 5 nitrogen and oxygen atoms in total. The zero-order valence-corrected chi connectivity index (χ0v) is 12.7. The van der Waals surface area contributed by atoms with Crippen LogP contribution < -0.4 is 4.72 Å². The van der Waals surface area contributed by atoms with E-state index in [2.05, 4.69) is 4.72 Å². The first-order valence-electron chi connectivity index (χ1n) is 5.62. The van der Waals surface area contributed by atoms with Gasteiger partial charge in [0.25, 0.3) is 0 Å². The highest BCUT2D eigenvalue weighted by molar-refractivity contribution is 7.98. The summed E-state index contributed by atoms with van der Waals surface area (Å²) in [6, 6.07) is 2.79. The number of rotatable bonds is 6. The van der Waals surface area contributed by atoms with Crippen LogP contribution in [-0.4, -0.2) is 38.0 Å². The fourth-order valence-corrected chi connectivity index (χ4v) is 3.43. The van der Waals surface area contributed by atoms with Crippen molar-refractivity contribution in [1.29, 1.82) is 0 Å². The molecular formula is C12H17NO4S2. The van der Waals surface area contributed by atoms with Crippen molar-refractivity contribution in [3.63, 3.8) is 0 Å². The van der Waals surface area contributed by atoms with Gasteiger partial charge in [-0.15, -0.1) is 0 Å². The summed E-state index contributed by atoms with van der Waals surface area (Å²) in [6.07, 6.45) is 1.88. The molecule has 0 aromatic heterocycles. The summed E-state index contributed by atoms with van der Waals surface area (Å²) >= 11 is 1.53. The lowest BCUT2D eigenvalue weighted by molar-refractivity contribution is 0.0696. The highest BCUT2D eigenvalue weighted by Crippen LogP contribution is 2.20. The van der Waals surface area contributed by atoms with E-state index in [1.54, 1.807) is 19.9 Å². The van der Waals surface area contributed by atoms with Crippen LogP contribution in [0.5, 0.6) is 0 Å². The van der Waals surface area contributed by atoms with Gasteiger partial charge in [0, 0.05) is 12.3 Å². The van der Waals surface area contributed by atoms with Crippen LogP contribution in [0.4, 0.5) is 0 Å². The van der Waals surface area contributed by atoms with Crippen LogP contribution in [0.3, 0.4) is 0 Å². The Bertz CT molecular complexity index is 582. The molecule has 0 aliphatic heterocycles. The molecule has 0 bridgehead atoms. The van der Waals surface area contributed by atoms with E-state index in [-0.39, 0.29) is 10.5 Å². The molecule has 0 saturated heterocycles. The van der Waals surface area contributed by atoms with E-state index in [1.165, 1.54) is 17.8 Å². The standard InChI is InChI=1S/C12H17NO4S2/c1-8-6-9(2)11(7-10(8)12(14)15)19(16,17)13-4-5-18-3/h6-7,13H,4-5H2,1-3H3,(H,14,15). The van der Waals surface area contributed by atoms with Gasteiger partial charge in [0.1, 0.15) is 0 Å². The maximum Gasteiger partial charge on any atom is 0.335 e. The molecule has 0 amide bonds. The zero-order chi connectivity index (χ0) is 14.6. The molecule has 1 rings (SSSR count). The zero-order valence-electron chi connectivity index (χ0n) is 11.1. The molecule has 0 aliphatic rings. The van der Waals surface area contributed by atoms with Gasteiger partial charge in [-0.05, 0) is 37.3 Å². The van der Waals surface area contributed by atoms with Gasteiger partial charge in [0.15, 0.2) is 0 Å². The van der Waals surface area contributed by atoms with Crippen molar-refractivity contribution in [3.8, 4) is 0 Å². The van der Waals surface area contributed by atoms with Crippen LogP contribution in [0, 0.1) is 13.8 Å². The summed E-state index contributed by atoms with van der Waals surface area (Å²) in [4.78, 5) is 11.1. The molecule has 0 radical (unpaired) electrons. The van der Waals surface area contributed by atoms with Crippen LogP contribution in [-0.2, 0) is 10.0 Å². The highest BCUT2D eigenvalue weighted by atomic mass is 32.2. The molecular weight excluding hydrogens is 286 g/mol. The Morgan fingerprint density at radius 1 is 1.32 bits per heavy atom. The van der Waals surface area contributed by atoms with Gasteiger partial charge in [-0.2, -0.15) is 11.8 Å². The number of thioether (sulfide) groups is 1. The third-order valence-electron chi connectivity index (χ3n) is 2.64. The molecule has 0 unspecified atom stereocenters. The van der Waals surface area contributed by atoms with E-state index in [0.29, 0.717) is 23.4 Å². The number of carboxylic acid groups (broad SMARTS) is 1. The normalized spacial score (nSPS) is 11.5. The summed E-state index contributed by atoms with van der Waals surface area (Å²) in [5.74, 6) is -0.464. The molecule has 1 aromatic carbocycles. The Hall–Kier alpha value is -1.05. The number of hydrogen-bond donors (Lipinski definition) is 2. The number of hydrogen-bond acceptors (Lipinski definition) is 4. The van der Waals surface area contributed by atoms with Gasteiger partial charge in [-0.1, -0.05) is 6.07 Å². The van der Waals surface area contributed by atoms with Gasteiger partial charge in [0.2, 0.25) is 10.0 Å². The lowest BCUT2D eigenvalue weighted by atomic mass is 10.1. The molecule has 0 fully saturated rings. The van der Waals surface area contributed by atoms with Crippen molar-refractivity contribution < 1.29 is 18.3 Å².